The van der Waals surface area contributed by atoms with Crippen LogP contribution < -0.4 is 21.1 Å². The molecule has 1 atom stereocenters. The molecule has 1 saturated heterocycles. The van der Waals surface area contributed by atoms with E-state index in [9.17, 15) is 19.5 Å². The van der Waals surface area contributed by atoms with Crippen LogP contribution in [-0.2, 0) is 16.9 Å². The average Bonchev–Trinajstić information content (AvgIpc) is 3.33. The molecule has 5 rings (SSSR count). The predicted octanol–water partition coefficient (Wildman–Crippen LogP) is 2.25. The molecule has 176 valence electrons. The number of ether oxygens (including phenoxy) is 1. The Morgan fingerprint density at radius 1 is 1.14 bits per heavy atom. The summed E-state index contributed by atoms with van der Waals surface area (Å²) in [7, 11) is 1.53. The van der Waals surface area contributed by atoms with Crippen molar-refractivity contribution in [2.45, 2.75) is 12.1 Å². The van der Waals surface area contributed by atoms with Crippen molar-refractivity contribution in [3.05, 3.63) is 78.1 Å². The molecule has 10 heteroatoms. The quantitative estimate of drug-likeness (QED) is 0.317. The third-order valence-corrected chi connectivity index (χ3v) is 6.09. The highest BCUT2D eigenvalue weighted by Gasteiger charge is 2.48. The number of pyridine rings is 1. The molecule has 1 aliphatic heterocycles. The first-order valence-corrected chi connectivity index (χ1v) is 10.7. The number of carbonyl (C=O) groups is 3. The van der Waals surface area contributed by atoms with Gasteiger partial charge in [-0.1, -0.05) is 30.3 Å². The van der Waals surface area contributed by atoms with Gasteiger partial charge in [0, 0.05) is 22.5 Å². The molecule has 0 bridgehead atoms. The largest absolute Gasteiger partial charge is 0.497 e. The number of nitrogens with zero attached hydrogens (tertiary/aromatic N) is 2. The van der Waals surface area contributed by atoms with Crippen LogP contribution >= 0.6 is 0 Å². The van der Waals surface area contributed by atoms with Gasteiger partial charge in [-0.3, -0.25) is 14.9 Å². The van der Waals surface area contributed by atoms with E-state index in [0.29, 0.717) is 28.0 Å². The summed E-state index contributed by atoms with van der Waals surface area (Å²) in [6, 6.07) is 16.4. The van der Waals surface area contributed by atoms with E-state index in [1.165, 1.54) is 17.7 Å². The van der Waals surface area contributed by atoms with Crippen molar-refractivity contribution in [1.29, 1.82) is 0 Å². The molecule has 10 nitrogen and oxygen atoms in total. The van der Waals surface area contributed by atoms with Gasteiger partial charge in [0.15, 0.2) is 11.4 Å². The number of nitrogens with one attached hydrogen (secondary N) is 2. The number of aromatic nitrogens is 2. The maximum atomic E-state index is 13.0. The van der Waals surface area contributed by atoms with Crippen molar-refractivity contribution < 1.29 is 24.2 Å². The third kappa shape index (κ3) is 3.70. The Morgan fingerprint density at radius 2 is 1.91 bits per heavy atom. The van der Waals surface area contributed by atoms with E-state index in [2.05, 4.69) is 15.6 Å². The number of hydrogen-bond donors (Lipinski definition) is 4. The molecule has 35 heavy (non-hydrogen) atoms. The Bertz CT molecular complexity index is 1490. The van der Waals surface area contributed by atoms with Crippen LogP contribution in [0.15, 0.2) is 66.9 Å². The average molecular weight is 471 g/mol. The number of carbonyl (C=O) groups excluding carboxylic acids is 3. The fraction of sp³-hybridized carbons (Fsp3) is 0.120. The van der Waals surface area contributed by atoms with Gasteiger partial charge in [0.05, 0.1) is 19.3 Å². The van der Waals surface area contributed by atoms with Gasteiger partial charge in [-0.25, -0.2) is 9.78 Å². The first-order valence-electron chi connectivity index (χ1n) is 10.7. The smallest absolute Gasteiger partial charge is 0.322 e. The lowest BCUT2D eigenvalue weighted by Gasteiger charge is -2.27. The standard InChI is InChI=1S/C25H21N5O5/c1-35-17-10-7-15-12-30(22(32)18(15)11-17)13-25(23(33)28-24(34)29-25)16-8-5-14(6-9-16)19-3-2-4-20(27-19)21(26)31/h2-12,32H,13H2,1H3,(H2,26,31)(H2,28,29,33,34). The molecular weight excluding hydrogens is 450 g/mol. The molecule has 4 amide bonds. The monoisotopic (exact) mass is 471 g/mol. The number of nitrogens with two attached hydrogens (primary N) is 1. The number of imide groups is 1. The Labute approximate surface area is 199 Å². The first-order chi connectivity index (χ1) is 16.8. The van der Waals surface area contributed by atoms with Gasteiger partial charge in [-0.15, -0.1) is 0 Å². The van der Waals surface area contributed by atoms with Crippen LogP contribution in [-0.4, -0.2) is 39.6 Å². The van der Waals surface area contributed by atoms with Gasteiger partial charge in [-0.2, -0.15) is 0 Å². The highest BCUT2D eigenvalue weighted by atomic mass is 16.5. The summed E-state index contributed by atoms with van der Waals surface area (Å²) in [5, 5.41) is 17.2. The molecule has 2 aromatic heterocycles. The van der Waals surface area contributed by atoms with Crippen LogP contribution in [0.4, 0.5) is 4.79 Å². The van der Waals surface area contributed by atoms with Crippen LogP contribution in [0.2, 0.25) is 0 Å². The summed E-state index contributed by atoms with van der Waals surface area (Å²) in [4.78, 5) is 40.9. The highest BCUT2D eigenvalue weighted by Crippen LogP contribution is 2.35. The SMILES string of the molecule is COc1ccc2cn(CC3(c4ccc(-c5cccc(C(N)=O)n5)cc4)NC(=O)NC3=O)c(O)c2c1. The number of benzene rings is 2. The molecule has 1 fully saturated rings. The molecule has 2 aromatic carbocycles. The molecule has 0 saturated carbocycles. The second-order valence-electron chi connectivity index (χ2n) is 8.20. The zero-order valence-corrected chi connectivity index (χ0v) is 18.6. The minimum absolute atomic E-state index is 0.0534. The lowest BCUT2D eigenvalue weighted by molar-refractivity contribution is -0.124. The number of amides is 4. The Balaban J connectivity index is 1.54. The van der Waals surface area contributed by atoms with Crippen LogP contribution in [0.3, 0.4) is 0 Å². The summed E-state index contributed by atoms with van der Waals surface area (Å²) in [5.41, 5.74) is 5.73. The van der Waals surface area contributed by atoms with E-state index in [-0.39, 0.29) is 18.1 Å². The van der Waals surface area contributed by atoms with Crippen LogP contribution in [0.5, 0.6) is 11.6 Å². The van der Waals surface area contributed by atoms with E-state index in [4.69, 9.17) is 10.5 Å². The van der Waals surface area contributed by atoms with Crippen molar-refractivity contribution in [1.82, 2.24) is 20.2 Å². The number of rotatable bonds is 6. The third-order valence-electron chi connectivity index (χ3n) is 6.09. The molecular formula is C25H21N5O5. The first kappa shape index (κ1) is 22.0. The zero-order valence-electron chi connectivity index (χ0n) is 18.6. The molecule has 0 radical (unpaired) electrons. The summed E-state index contributed by atoms with van der Waals surface area (Å²) in [5.74, 6) is -0.656. The molecule has 0 aliphatic carbocycles. The van der Waals surface area contributed by atoms with Crippen LogP contribution in [0.25, 0.3) is 22.0 Å². The van der Waals surface area contributed by atoms with Crippen LogP contribution in [0.1, 0.15) is 16.1 Å². The zero-order chi connectivity index (χ0) is 24.7. The number of hydrogen-bond acceptors (Lipinski definition) is 6. The molecule has 1 unspecified atom stereocenters. The summed E-state index contributed by atoms with van der Waals surface area (Å²) in [6.45, 7) is -0.0534. The Morgan fingerprint density at radius 3 is 2.57 bits per heavy atom. The molecule has 3 heterocycles. The van der Waals surface area contributed by atoms with Crippen molar-refractivity contribution in [3.63, 3.8) is 0 Å². The lowest BCUT2D eigenvalue weighted by Crippen LogP contribution is -2.47. The normalized spacial score (nSPS) is 17.3. The van der Waals surface area contributed by atoms with Gasteiger partial charge in [-0.05, 0) is 35.9 Å². The number of aromatic hydroxyl groups is 1. The highest BCUT2D eigenvalue weighted by molar-refractivity contribution is 6.07. The Hall–Kier alpha value is -4.86. The van der Waals surface area contributed by atoms with E-state index < -0.39 is 23.4 Å². The number of urea groups is 1. The van der Waals surface area contributed by atoms with E-state index in [1.807, 2.05) is 0 Å². The van der Waals surface area contributed by atoms with Crippen molar-refractivity contribution >= 4 is 28.6 Å². The molecule has 0 spiro atoms. The fourth-order valence-corrected chi connectivity index (χ4v) is 4.28. The van der Waals surface area contributed by atoms with Crippen molar-refractivity contribution in [3.8, 4) is 22.9 Å². The summed E-state index contributed by atoms with van der Waals surface area (Å²) >= 11 is 0. The van der Waals surface area contributed by atoms with Gasteiger partial charge in [0.25, 0.3) is 11.8 Å². The number of fused-ring (bicyclic) bond motifs is 1. The second-order valence-corrected chi connectivity index (χ2v) is 8.20. The topological polar surface area (TPSA) is 149 Å². The van der Waals surface area contributed by atoms with Crippen molar-refractivity contribution in [2.24, 2.45) is 5.73 Å². The summed E-state index contributed by atoms with van der Waals surface area (Å²) in [6.07, 6.45) is 1.71. The minimum atomic E-state index is -1.46. The maximum absolute atomic E-state index is 13.0. The lowest BCUT2D eigenvalue weighted by atomic mass is 9.88. The predicted molar refractivity (Wildman–Crippen MR) is 127 cm³/mol. The number of primary amides is 1. The molecule has 1 aliphatic rings. The van der Waals surface area contributed by atoms with E-state index in [0.717, 1.165) is 5.39 Å². The summed E-state index contributed by atoms with van der Waals surface area (Å²) < 4.78 is 6.75. The second kappa shape index (κ2) is 8.17. The van der Waals surface area contributed by atoms with Gasteiger partial charge < -0.3 is 25.5 Å². The van der Waals surface area contributed by atoms with Crippen molar-refractivity contribution in [2.75, 3.05) is 7.11 Å². The van der Waals surface area contributed by atoms with E-state index >= 15 is 0 Å². The van der Waals surface area contributed by atoms with Gasteiger partial charge in [0.1, 0.15) is 11.4 Å². The van der Waals surface area contributed by atoms with Gasteiger partial charge in [0.2, 0.25) is 0 Å². The Kier molecular flexibility index (Phi) is 5.13. The number of methoxy groups -OCH3 is 1. The van der Waals surface area contributed by atoms with Gasteiger partial charge >= 0.3 is 6.03 Å². The minimum Gasteiger partial charge on any atom is -0.497 e. The van der Waals surface area contributed by atoms with Crippen LogP contribution in [0, 0.1) is 0 Å². The molecule has 5 N–H and O–H groups in total. The maximum Gasteiger partial charge on any atom is 0.322 e. The fourth-order valence-electron chi connectivity index (χ4n) is 4.28. The van der Waals surface area contributed by atoms with E-state index in [1.54, 1.807) is 60.8 Å². The molecule has 4 aromatic rings.